The quantitative estimate of drug-likeness (QED) is 0.869. The third-order valence-electron chi connectivity index (χ3n) is 3.86. The largest absolute Gasteiger partial charge is 0.378 e. The number of H-pyrrole nitrogens is 1. The molecule has 1 fully saturated rings. The van der Waals surface area contributed by atoms with Crippen LogP contribution in [0.4, 0.5) is 5.82 Å². The predicted molar refractivity (Wildman–Crippen MR) is 75.0 cm³/mol. The average Bonchev–Trinajstić information content (AvgIpc) is 3.03. The summed E-state index contributed by atoms with van der Waals surface area (Å²) in [4.78, 5) is 15.9. The molecule has 3 rings (SSSR count). The average molecular weight is 277 g/mol. The summed E-state index contributed by atoms with van der Waals surface area (Å²) in [6.45, 7) is 5.61. The van der Waals surface area contributed by atoms with Crippen molar-refractivity contribution in [2.24, 2.45) is 5.92 Å². The van der Waals surface area contributed by atoms with Gasteiger partial charge in [0.2, 0.25) is 0 Å². The summed E-state index contributed by atoms with van der Waals surface area (Å²) in [5.41, 5.74) is 0.325. The molecule has 0 saturated carbocycles. The molecule has 2 N–H and O–H groups in total. The van der Waals surface area contributed by atoms with Crippen molar-refractivity contribution in [2.75, 3.05) is 18.5 Å². The van der Waals surface area contributed by atoms with Gasteiger partial charge in [0.05, 0.1) is 6.10 Å². The number of nitrogens with zero attached hydrogens (tertiary/aromatic N) is 3. The van der Waals surface area contributed by atoms with Gasteiger partial charge >= 0.3 is 5.69 Å². The molecule has 1 aliphatic heterocycles. The zero-order valence-corrected chi connectivity index (χ0v) is 11.7. The number of hydrogen-bond acceptors (Lipinski definition) is 5. The number of ether oxygens (including phenoxy) is 1. The van der Waals surface area contributed by atoms with Gasteiger partial charge in [0.1, 0.15) is 11.6 Å². The number of aromatic nitrogens is 4. The lowest BCUT2D eigenvalue weighted by atomic mass is 10.00. The smallest absolute Gasteiger partial charge is 0.349 e. The minimum Gasteiger partial charge on any atom is -0.378 e. The van der Waals surface area contributed by atoms with Crippen molar-refractivity contribution < 1.29 is 4.74 Å². The van der Waals surface area contributed by atoms with Gasteiger partial charge in [-0.15, -0.1) is 0 Å². The highest BCUT2D eigenvalue weighted by Gasteiger charge is 2.26. The summed E-state index contributed by atoms with van der Waals surface area (Å²) >= 11 is 0. The molecule has 1 saturated heterocycles. The number of fused-ring (bicyclic) bond motifs is 1. The lowest BCUT2D eigenvalue weighted by Gasteiger charge is -2.17. The first-order valence-corrected chi connectivity index (χ1v) is 6.99. The lowest BCUT2D eigenvalue weighted by Crippen LogP contribution is -2.23. The molecule has 2 aromatic heterocycles. The van der Waals surface area contributed by atoms with Crippen molar-refractivity contribution in [1.29, 1.82) is 0 Å². The van der Waals surface area contributed by atoms with Crippen LogP contribution < -0.4 is 11.0 Å². The highest BCUT2D eigenvalue weighted by molar-refractivity contribution is 5.49. The van der Waals surface area contributed by atoms with E-state index in [9.17, 15) is 4.79 Å². The molecule has 20 heavy (non-hydrogen) atoms. The van der Waals surface area contributed by atoms with Gasteiger partial charge < -0.3 is 10.1 Å². The van der Waals surface area contributed by atoms with Gasteiger partial charge in [-0.05, 0) is 19.8 Å². The van der Waals surface area contributed by atoms with Crippen molar-refractivity contribution in [1.82, 2.24) is 19.6 Å². The Hall–Kier alpha value is -1.89. The number of rotatable bonds is 4. The van der Waals surface area contributed by atoms with Crippen LogP contribution in [0.15, 0.2) is 10.9 Å². The Balaban J connectivity index is 1.76. The van der Waals surface area contributed by atoms with E-state index in [0.29, 0.717) is 23.5 Å². The van der Waals surface area contributed by atoms with Crippen LogP contribution in [0, 0.1) is 12.8 Å². The Labute approximate surface area is 116 Å². The van der Waals surface area contributed by atoms with E-state index in [1.807, 2.05) is 0 Å². The molecule has 0 bridgehead atoms. The van der Waals surface area contributed by atoms with E-state index in [2.05, 4.69) is 27.4 Å². The van der Waals surface area contributed by atoms with Gasteiger partial charge in [-0.3, -0.25) is 0 Å². The van der Waals surface area contributed by atoms with Crippen molar-refractivity contribution in [3.05, 3.63) is 22.4 Å². The molecule has 3 heterocycles. The molecule has 108 valence electrons. The van der Waals surface area contributed by atoms with Crippen LogP contribution in [0.5, 0.6) is 0 Å². The van der Waals surface area contributed by atoms with Crippen LogP contribution in [0.2, 0.25) is 0 Å². The molecule has 2 atom stereocenters. The Kier molecular flexibility index (Phi) is 3.43. The maximum Gasteiger partial charge on any atom is 0.349 e. The van der Waals surface area contributed by atoms with Gasteiger partial charge in [-0.25, -0.2) is 19.3 Å². The third kappa shape index (κ3) is 2.29. The van der Waals surface area contributed by atoms with E-state index in [4.69, 9.17) is 4.74 Å². The first-order chi connectivity index (χ1) is 9.69. The Morgan fingerprint density at radius 3 is 3.25 bits per heavy atom. The zero-order chi connectivity index (χ0) is 14.1. The van der Waals surface area contributed by atoms with E-state index in [0.717, 1.165) is 31.8 Å². The fourth-order valence-corrected chi connectivity index (χ4v) is 2.80. The van der Waals surface area contributed by atoms with Crippen molar-refractivity contribution >= 4 is 11.5 Å². The van der Waals surface area contributed by atoms with Crippen molar-refractivity contribution in [3.63, 3.8) is 0 Å². The molecule has 0 radical (unpaired) electrons. The lowest BCUT2D eigenvalue weighted by molar-refractivity contribution is 0.0900. The minimum atomic E-state index is -0.258. The monoisotopic (exact) mass is 277 g/mol. The van der Waals surface area contributed by atoms with E-state index < -0.39 is 0 Å². The van der Waals surface area contributed by atoms with Gasteiger partial charge in [0.25, 0.3) is 0 Å². The van der Waals surface area contributed by atoms with E-state index in [-0.39, 0.29) is 5.69 Å². The minimum absolute atomic E-state index is 0.258. The number of aromatic amines is 1. The first-order valence-electron chi connectivity index (χ1n) is 6.99. The van der Waals surface area contributed by atoms with Crippen LogP contribution in [-0.4, -0.2) is 38.8 Å². The molecule has 0 spiro atoms. The van der Waals surface area contributed by atoms with Crippen LogP contribution in [0.3, 0.4) is 0 Å². The van der Waals surface area contributed by atoms with E-state index in [1.54, 1.807) is 13.0 Å². The molecule has 0 aliphatic carbocycles. The second-order valence-electron chi connectivity index (χ2n) is 5.16. The maximum atomic E-state index is 11.5. The Morgan fingerprint density at radius 2 is 2.45 bits per heavy atom. The second-order valence-corrected chi connectivity index (χ2v) is 5.16. The molecular weight excluding hydrogens is 258 g/mol. The topological polar surface area (TPSA) is 84.3 Å². The first kappa shape index (κ1) is 13.1. The molecule has 0 aromatic carbocycles. The highest BCUT2D eigenvalue weighted by atomic mass is 16.5. The van der Waals surface area contributed by atoms with Crippen LogP contribution >= 0.6 is 0 Å². The van der Waals surface area contributed by atoms with Crippen molar-refractivity contribution in [2.45, 2.75) is 32.8 Å². The molecule has 1 aliphatic rings. The summed E-state index contributed by atoms with van der Waals surface area (Å²) in [6.07, 6.45) is 2.45. The van der Waals surface area contributed by atoms with Crippen LogP contribution in [0.25, 0.3) is 5.65 Å². The fourth-order valence-electron chi connectivity index (χ4n) is 2.80. The Morgan fingerprint density at radius 1 is 1.60 bits per heavy atom. The Bertz CT molecular complexity index is 662. The summed E-state index contributed by atoms with van der Waals surface area (Å²) < 4.78 is 7.13. The maximum absolute atomic E-state index is 11.5. The predicted octanol–water partition coefficient (Wildman–Crippen LogP) is 0.953. The number of aryl methyl sites for hydroxylation is 1. The van der Waals surface area contributed by atoms with Crippen molar-refractivity contribution in [3.8, 4) is 0 Å². The third-order valence-corrected chi connectivity index (χ3v) is 3.86. The van der Waals surface area contributed by atoms with E-state index >= 15 is 0 Å². The number of nitrogens with one attached hydrogen (secondary N) is 2. The highest BCUT2D eigenvalue weighted by Crippen LogP contribution is 2.23. The van der Waals surface area contributed by atoms with Gasteiger partial charge in [-0.1, -0.05) is 6.92 Å². The number of hydrogen-bond donors (Lipinski definition) is 2. The molecule has 0 amide bonds. The zero-order valence-electron chi connectivity index (χ0n) is 11.7. The number of anilines is 1. The molecule has 2 unspecified atom stereocenters. The standard InChI is InChI=1S/C13H19N5O2/c1-3-10-9(4-5-20-10)7-14-11-6-12-16-17-13(19)18(12)8(2)15-11/h6,9-10,14H,3-5,7H2,1-2H3,(H,17,19). The van der Waals surface area contributed by atoms with Crippen LogP contribution in [0.1, 0.15) is 25.6 Å². The normalized spacial score (nSPS) is 22.5. The molecule has 7 nitrogen and oxygen atoms in total. The van der Waals surface area contributed by atoms with Crippen LogP contribution in [-0.2, 0) is 4.74 Å². The van der Waals surface area contributed by atoms with Gasteiger partial charge in [-0.2, -0.15) is 5.10 Å². The molecule has 2 aromatic rings. The summed E-state index contributed by atoms with van der Waals surface area (Å²) in [5, 5.41) is 9.73. The fraction of sp³-hybridized carbons (Fsp3) is 0.615. The summed E-state index contributed by atoms with van der Waals surface area (Å²) in [7, 11) is 0. The molecule has 7 heteroatoms. The van der Waals surface area contributed by atoms with E-state index in [1.165, 1.54) is 4.40 Å². The van der Waals surface area contributed by atoms with Gasteiger partial charge in [0.15, 0.2) is 5.65 Å². The second kappa shape index (κ2) is 5.24. The summed E-state index contributed by atoms with van der Waals surface area (Å²) in [5.74, 6) is 1.88. The SMILES string of the molecule is CCC1OCCC1CNc1cc2n[nH]c(=O)n2c(C)n1. The van der Waals surface area contributed by atoms with Gasteiger partial charge in [0, 0.05) is 25.1 Å². The molecular formula is C13H19N5O2. The summed E-state index contributed by atoms with van der Waals surface area (Å²) in [6, 6.07) is 1.78.